The second kappa shape index (κ2) is 6.33. The van der Waals surface area contributed by atoms with Crippen LogP contribution < -0.4 is 10.6 Å². The summed E-state index contributed by atoms with van der Waals surface area (Å²) in [4.78, 5) is 1.92. The third-order valence-electron chi connectivity index (χ3n) is 2.48. The molecule has 0 spiro atoms. The Morgan fingerprint density at radius 2 is 2.12 bits per heavy atom. The van der Waals surface area contributed by atoms with Crippen LogP contribution in [0.1, 0.15) is 19.8 Å². The molecule has 0 aromatic heterocycles. The Kier molecular flexibility index (Phi) is 5.05. The van der Waals surface area contributed by atoms with Crippen molar-refractivity contribution in [1.82, 2.24) is 0 Å². The minimum Gasteiger partial charge on any atom is -0.397 e. The highest BCUT2D eigenvalue weighted by Gasteiger charge is 2.09. The number of aliphatic hydroxyl groups is 1. The maximum absolute atomic E-state index is 13.1. The second-order valence-electron chi connectivity index (χ2n) is 3.77. The lowest BCUT2D eigenvalue weighted by Crippen LogP contribution is -2.28. The van der Waals surface area contributed by atoms with Crippen LogP contribution in [-0.2, 0) is 0 Å². The molecule has 0 fully saturated rings. The van der Waals surface area contributed by atoms with Gasteiger partial charge in [-0.1, -0.05) is 13.3 Å². The Bertz CT molecular complexity index is 331. The standard InChI is InChI=1S/C12H19FN2O/c1-2-3-6-15(7-8-16)12-9-10(13)4-5-11(12)14/h4-5,9,16H,2-3,6-8,14H2,1H3. The summed E-state index contributed by atoms with van der Waals surface area (Å²) in [6.45, 7) is 3.39. The van der Waals surface area contributed by atoms with Gasteiger partial charge >= 0.3 is 0 Å². The number of aliphatic hydroxyl groups excluding tert-OH is 1. The van der Waals surface area contributed by atoms with Crippen LogP contribution in [0, 0.1) is 5.82 Å². The highest BCUT2D eigenvalue weighted by Crippen LogP contribution is 2.24. The average Bonchev–Trinajstić information content (AvgIpc) is 2.28. The molecular formula is C12H19FN2O. The molecule has 1 aromatic carbocycles. The summed E-state index contributed by atoms with van der Waals surface area (Å²) in [5.41, 5.74) is 7.02. The lowest BCUT2D eigenvalue weighted by atomic mass is 10.2. The monoisotopic (exact) mass is 226 g/mol. The Morgan fingerprint density at radius 3 is 2.75 bits per heavy atom. The van der Waals surface area contributed by atoms with E-state index in [4.69, 9.17) is 10.8 Å². The number of hydrogen-bond donors (Lipinski definition) is 2. The molecule has 3 N–H and O–H groups in total. The Balaban J connectivity index is 2.85. The zero-order chi connectivity index (χ0) is 12.0. The molecule has 0 aliphatic rings. The number of nitrogens with zero attached hydrogens (tertiary/aromatic N) is 1. The van der Waals surface area contributed by atoms with Crippen molar-refractivity contribution >= 4 is 11.4 Å². The normalized spacial score (nSPS) is 10.4. The molecule has 1 aromatic rings. The first-order chi connectivity index (χ1) is 7.69. The highest BCUT2D eigenvalue weighted by atomic mass is 19.1. The van der Waals surface area contributed by atoms with Crippen molar-refractivity contribution in [2.24, 2.45) is 0 Å². The molecule has 0 aliphatic carbocycles. The van der Waals surface area contributed by atoms with Crippen LogP contribution in [0.4, 0.5) is 15.8 Å². The predicted octanol–water partition coefficient (Wildman–Crippen LogP) is 2.01. The number of unbranched alkanes of at least 4 members (excludes halogenated alkanes) is 1. The number of anilines is 2. The summed E-state index contributed by atoms with van der Waals surface area (Å²) >= 11 is 0. The van der Waals surface area contributed by atoms with E-state index >= 15 is 0 Å². The Labute approximate surface area is 95.7 Å². The van der Waals surface area contributed by atoms with Crippen molar-refractivity contribution in [2.75, 3.05) is 30.3 Å². The SMILES string of the molecule is CCCCN(CCO)c1cc(F)ccc1N. The van der Waals surface area contributed by atoms with E-state index in [1.807, 2.05) is 4.90 Å². The van der Waals surface area contributed by atoms with Crippen molar-refractivity contribution in [3.05, 3.63) is 24.0 Å². The van der Waals surface area contributed by atoms with Crippen LogP contribution in [0.25, 0.3) is 0 Å². The highest BCUT2D eigenvalue weighted by molar-refractivity contribution is 5.67. The van der Waals surface area contributed by atoms with Crippen molar-refractivity contribution in [2.45, 2.75) is 19.8 Å². The van der Waals surface area contributed by atoms with Gasteiger partial charge in [-0.2, -0.15) is 0 Å². The van der Waals surface area contributed by atoms with E-state index in [1.165, 1.54) is 12.1 Å². The molecule has 4 heteroatoms. The zero-order valence-electron chi connectivity index (χ0n) is 9.62. The minimum absolute atomic E-state index is 0.0413. The van der Waals surface area contributed by atoms with Crippen molar-refractivity contribution in [3.8, 4) is 0 Å². The minimum atomic E-state index is -0.302. The quantitative estimate of drug-likeness (QED) is 0.729. The molecular weight excluding hydrogens is 207 g/mol. The van der Waals surface area contributed by atoms with Crippen LogP contribution in [0.15, 0.2) is 18.2 Å². The fourth-order valence-corrected chi connectivity index (χ4v) is 1.61. The molecule has 0 bridgehead atoms. The van der Waals surface area contributed by atoms with Crippen molar-refractivity contribution in [1.29, 1.82) is 0 Å². The van der Waals surface area contributed by atoms with Gasteiger partial charge in [0.15, 0.2) is 0 Å². The molecule has 0 saturated heterocycles. The summed E-state index contributed by atoms with van der Waals surface area (Å²) < 4.78 is 13.1. The van der Waals surface area contributed by atoms with Crippen LogP contribution in [0.5, 0.6) is 0 Å². The fraction of sp³-hybridized carbons (Fsp3) is 0.500. The fourth-order valence-electron chi connectivity index (χ4n) is 1.61. The first kappa shape index (κ1) is 12.8. The first-order valence-corrected chi connectivity index (χ1v) is 5.60. The third-order valence-corrected chi connectivity index (χ3v) is 2.48. The number of benzene rings is 1. The number of halogens is 1. The lowest BCUT2D eigenvalue weighted by Gasteiger charge is -2.25. The maximum Gasteiger partial charge on any atom is 0.125 e. The van der Waals surface area contributed by atoms with Gasteiger partial charge in [0.05, 0.1) is 18.0 Å². The molecule has 0 amide bonds. The van der Waals surface area contributed by atoms with E-state index in [-0.39, 0.29) is 12.4 Å². The lowest BCUT2D eigenvalue weighted by molar-refractivity contribution is 0.301. The summed E-state index contributed by atoms with van der Waals surface area (Å²) in [6, 6.07) is 4.32. The van der Waals surface area contributed by atoms with Crippen LogP contribution in [-0.4, -0.2) is 24.8 Å². The molecule has 3 nitrogen and oxygen atoms in total. The summed E-state index contributed by atoms with van der Waals surface area (Å²) in [5.74, 6) is -0.302. The number of nitrogen functional groups attached to an aromatic ring is 1. The van der Waals surface area contributed by atoms with E-state index in [2.05, 4.69) is 6.92 Å². The first-order valence-electron chi connectivity index (χ1n) is 5.60. The number of hydrogen-bond acceptors (Lipinski definition) is 3. The van der Waals surface area contributed by atoms with Gasteiger partial charge in [-0.3, -0.25) is 0 Å². The van der Waals surface area contributed by atoms with E-state index in [0.717, 1.165) is 19.4 Å². The summed E-state index contributed by atoms with van der Waals surface area (Å²) in [7, 11) is 0. The van der Waals surface area contributed by atoms with Crippen LogP contribution in [0.2, 0.25) is 0 Å². The molecule has 0 saturated carbocycles. The molecule has 0 atom stereocenters. The summed E-state index contributed by atoms with van der Waals surface area (Å²) in [5, 5.41) is 8.98. The van der Waals surface area contributed by atoms with Gasteiger partial charge in [0.1, 0.15) is 5.82 Å². The van der Waals surface area contributed by atoms with Crippen LogP contribution in [0.3, 0.4) is 0 Å². The third kappa shape index (κ3) is 3.38. The summed E-state index contributed by atoms with van der Waals surface area (Å²) in [6.07, 6.45) is 2.05. The largest absolute Gasteiger partial charge is 0.397 e. The van der Waals surface area contributed by atoms with Gasteiger partial charge < -0.3 is 15.7 Å². The molecule has 1 rings (SSSR count). The smallest absolute Gasteiger partial charge is 0.125 e. The average molecular weight is 226 g/mol. The zero-order valence-corrected chi connectivity index (χ0v) is 9.62. The van der Waals surface area contributed by atoms with Gasteiger partial charge in [0.25, 0.3) is 0 Å². The van der Waals surface area contributed by atoms with Crippen molar-refractivity contribution < 1.29 is 9.50 Å². The predicted molar refractivity (Wildman–Crippen MR) is 65.0 cm³/mol. The van der Waals surface area contributed by atoms with Crippen LogP contribution >= 0.6 is 0 Å². The Morgan fingerprint density at radius 1 is 1.38 bits per heavy atom. The van der Waals surface area contributed by atoms with Gasteiger partial charge in [-0.25, -0.2) is 4.39 Å². The maximum atomic E-state index is 13.1. The second-order valence-corrected chi connectivity index (χ2v) is 3.77. The van der Waals surface area contributed by atoms with E-state index < -0.39 is 0 Å². The number of nitrogens with two attached hydrogens (primary N) is 1. The Hall–Kier alpha value is -1.29. The van der Waals surface area contributed by atoms with E-state index in [1.54, 1.807) is 6.07 Å². The van der Waals surface area contributed by atoms with Gasteiger partial charge in [0, 0.05) is 13.1 Å². The van der Waals surface area contributed by atoms with Gasteiger partial charge in [0.2, 0.25) is 0 Å². The van der Waals surface area contributed by atoms with Crippen molar-refractivity contribution in [3.63, 3.8) is 0 Å². The molecule has 16 heavy (non-hydrogen) atoms. The molecule has 0 aliphatic heterocycles. The molecule has 90 valence electrons. The number of rotatable bonds is 6. The molecule has 0 radical (unpaired) electrons. The molecule has 0 unspecified atom stereocenters. The van der Waals surface area contributed by atoms with E-state index in [0.29, 0.717) is 17.9 Å². The topological polar surface area (TPSA) is 49.5 Å². The van der Waals surface area contributed by atoms with Gasteiger partial charge in [-0.15, -0.1) is 0 Å². The van der Waals surface area contributed by atoms with Gasteiger partial charge in [-0.05, 0) is 24.6 Å². The molecule has 0 heterocycles. The van der Waals surface area contributed by atoms with E-state index in [9.17, 15) is 4.39 Å².